The number of carbonyl (C=O) groups excluding carboxylic acids is 1. The van der Waals surface area contributed by atoms with Gasteiger partial charge in [-0.15, -0.1) is 0 Å². The number of carbonyl (C=O) groups is 2. The normalized spacial score (nSPS) is 11.8. The zero-order chi connectivity index (χ0) is 22.5. The Kier molecular flexibility index (Phi) is 6.17. The van der Waals surface area contributed by atoms with Crippen molar-refractivity contribution in [3.05, 3.63) is 96.0 Å². The highest BCUT2D eigenvalue weighted by Crippen LogP contribution is 2.27. The van der Waals surface area contributed by atoms with Gasteiger partial charge in [0.15, 0.2) is 6.61 Å². The van der Waals surface area contributed by atoms with Gasteiger partial charge in [-0.3, -0.25) is 0 Å². The van der Waals surface area contributed by atoms with E-state index in [1.165, 1.54) is 12.1 Å². The van der Waals surface area contributed by atoms with Crippen molar-refractivity contribution in [3.8, 4) is 11.1 Å². The monoisotopic (exact) mass is 433 g/mol. The van der Waals surface area contributed by atoms with Gasteiger partial charge in [-0.1, -0.05) is 48.5 Å². The van der Waals surface area contributed by atoms with Crippen LogP contribution in [0.1, 0.15) is 11.3 Å². The van der Waals surface area contributed by atoms with Crippen molar-refractivity contribution in [2.75, 3.05) is 0 Å². The van der Waals surface area contributed by atoms with Crippen LogP contribution in [0.3, 0.4) is 0 Å². The third-order valence-corrected chi connectivity index (χ3v) is 4.96. The fourth-order valence-corrected chi connectivity index (χ4v) is 3.36. The zero-order valence-electron chi connectivity index (χ0n) is 17.0. The van der Waals surface area contributed by atoms with Crippen molar-refractivity contribution in [2.24, 2.45) is 0 Å². The van der Waals surface area contributed by atoms with E-state index < -0.39 is 18.1 Å². The average molecular weight is 433 g/mol. The number of rotatable bonds is 7. The van der Waals surface area contributed by atoms with Crippen LogP contribution < -0.4 is 5.32 Å². The first kappa shape index (κ1) is 21.1. The van der Waals surface area contributed by atoms with Crippen molar-refractivity contribution in [1.29, 1.82) is 0 Å². The van der Waals surface area contributed by atoms with E-state index in [1.54, 1.807) is 48.5 Å². The molecule has 4 rings (SSSR count). The van der Waals surface area contributed by atoms with Gasteiger partial charge >= 0.3 is 12.1 Å². The molecule has 32 heavy (non-hydrogen) atoms. The van der Waals surface area contributed by atoms with E-state index in [1.807, 2.05) is 18.2 Å². The van der Waals surface area contributed by atoms with Crippen LogP contribution in [0.25, 0.3) is 22.1 Å². The number of aliphatic carboxylic acids is 1. The second-order valence-electron chi connectivity index (χ2n) is 7.27. The predicted molar refractivity (Wildman–Crippen MR) is 116 cm³/mol. The Morgan fingerprint density at radius 2 is 1.69 bits per heavy atom. The van der Waals surface area contributed by atoms with Crippen LogP contribution in [0.15, 0.2) is 83.3 Å². The standard InChI is InChI=1S/C25H20FNO5/c26-20-9-6-17(7-10-20)18-8-11-23-19(13-18)14-21(32-23)15-31-25(30)27-22(24(28)29)12-16-4-2-1-3-5-16/h1-11,13-14,22H,12,15H2,(H,27,30)(H,28,29)/t22-/m1/s1. The summed E-state index contributed by atoms with van der Waals surface area (Å²) < 4.78 is 24.0. The number of nitrogens with one attached hydrogen (secondary N) is 1. The van der Waals surface area contributed by atoms with Crippen LogP contribution in [-0.4, -0.2) is 23.2 Å². The molecule has 0 fully saturated rings. The lowest BCUT2D eigenvalue weighted by atomic mass is 10.0. The van der Waals surface area contributed by atoms with Crippen LogP contribution in [0.4, 0.5) is 9.18 Å². The smallest absolute Gasteiger partial charge is 0.408 e. The number of amides is 1. The molecule has 0 aliphatic rings. The molecule has 6 nitrogen and oxygen atoms in total. The number of halogens is 1. The minimum atomic E-state index is -1.15. The Morgan fingerprint density at radius 1 is 0.969 bits per heavy atom. The molecule has 3 aromatic carbocycles. The lowest BCUT2D eigenvalue weighted by Gasteiger charge is -2.14. The van der Waals surface area contributed by atoms with Crippen molar-refractivity contribution >= 4 is 23.0 Å². The maximum Gasteiger partial charge on any atom is 0.408 e. The maximum atomic E-state index is 13.1. The third kappa shape index (κ3) is 5.13. The second kappa shape index (κ2) is 9.34. The summed E-state index contributed by atoms with van der Waals surface area (Å²) in [7, 11) is 0. The summed E-state index contributed by atoms with van der Waals surface area (Å²) in [5.74, 6) is -1.03. The molecule has 1 atom stereocenters. The minimum Gasteiger partial charge on any atom is -0.480 e. The van der Waals surface area contributed by atoms with Gasteiger partial charge in [0.2, 0.25) is 0 Å². The highest BCUT2D eigenvalue weighted by molar-refractivity contribution is 5.84. The van der Waals surface area contributed by atoms with Gasteiger partial charge in [-0.2, -0.15) is 0 Å². The predicted octanol–water partition coefficient (Wildman–Crippen LogP) is 5.16. The number of carboxylic acids is 1. The van der Waals surface area contributed by atoms with Crippen LogP contribution in [0.5, 0.6) is 0 Å². The fourth-order valence-electron chi connectivity index (χ4n) is 3.36. The summed E-state index contributed by atoms with van der Waals surface area (Å²) in [6, 6.07) is 21.4. The van der Waals surface area contributed by atoms with E-state index in [2.05, 4.69) is 5.32 Å². The molecule has 0 radical (unpaired) electrons. The molecule has 0 spiro atoms. The van der Waals surface area contributed by atoms with Gasteiger partial charge in [-0.05, 0) is 47.0 Å². The van der Waals surface area contributed by atoms with E-state index in [0.29, 0.717) is 11.3 Å². The Labute approximate surface area is 183 Å². The molecule has 0 saturated carbocycles. The first-order valence-electron chi connectivity index (χ1n) is 9.96. The number of fused-ring (bicyclic) bond motifs is 1. The van der Waals surface area contributed by atoms with E-state index >= 15 is 0 Å². The Morgan fingerprint density at radius 3 is 2.41 bits per heavy atom. The van der Waals surface area contributed by atoms with Crippen LogP contribution >= 0.6 is 0 Å². The molecule has 0 bridgehead atoms. The minimum absolute atomic E-state index is 0.141. The first-order valence-corrected chi connectivity index (χ1v) is 9.96. The van der Waals surface area contributed by atoms with Gasteiger partial charge in [0.1, 0.15) is 23.2 Å². The molecule has 0 saturated heterocycles. The fraction of sp³-hybridized carbons (Fsp3) is 0.120. The molecular formula is C25H20FNO5. The Bertz CT molecular complexity index is 1230. The van der Waals surface area contributed by atoms with E-state index in [4.69, 9.17) is 9.15 Å². The van der Waals surface area contributed by atoms with Gasteiger partial charge in [0.25, 0.3) is 0 Å². The van der Waals surface area contributed by atoms with Gasteiger partial charge < -0.3 is 19.6 Å². The summed E-state index contributed by atoms with van der Waals surface area (Å²) in [5, 5.41) is 12.6. The lowest BCUT2D eigenvalue weighted by Crippen LogP contribution is -2.42. The molecule has 7 heteroatoms. The third-order valence-electron chi connectivity index (χ3n) is 4.96. The highest BCUT2D eigenvalue weighted by atomic mass is 19.1. The molecule has 4 aromatic rings. The maximum absolute atomic E-state index is 13.1. The summed E-state index contributed by atoms with van der Waals surface area (Å²) in [4.78, 5) is 23.6. The Hall–Kier alpha value is -4.13. The van der Waals surface area contributed by atoms with Gasteiger partial charge in [0, 0.05) is 11.8 Å². The first-order chi connectivity index (χ1) is 15.5. The molecule has 0 unspecified atom stereocenters. The number of hydrogen-bond acceptors (Lipinski definition) is 4. The number of ether oxygens (including phenoxy) is 1. The summed E-state index contributed by atoms with van der Waals surface area (Å²) in [5.41, 5.74) is 3.16. The molecule has 1 aromatic heterocycles. The number of carboxylic acid groups (broad SMARTS) is 1. The summed E-state index contributed by atoms with van der Waals surface area (Å²) >= 11 is 0. The van der Waals surface area contributed by atoms with Crippen LogP contribution in [0, 0.1) is 5.82 Å². The molecule has 1 amide bonds. The Balaban J connectivity index is 1.39. The van der Waals surface area contributed by atoms with E-state index in [-0.39, 0.29) is 18.8 Å². The molecule has 1 heterocycles. The number of alkyl carbamates (subject to hydrolysis) is 1. The molecule has 0 aliphatic carbocycles. The van der Waals surface area contributed by atoms with Gasteiger partial charge in [0.05, 0.1) is 0 Å². The quantitative estimate of drug-likeness (QED) is 0.420. The second-order valence-corrected chi connectivity index (χ2v) is 7.27. The van der Waals surface area contributed by atoms with Crippen molar-refractivity contribution < 1.29 is 28.2 Å². The molecular weight excluding hydrogens is 413 g/mol. The van der Waals surface area contributed by atoms with E-state index in [0.717, 1.165) is 22.1 Å². The molecule has 2 N–H and O–H groups in total. The average Bonchev–Trinajstić information content (AvgIpc) is 3.20. The van der Waals surface area contributed by atoms with Gasteiger partial charge in [-0.25, -0.2) is 14.0 Å². The lowest BCUT2D eigenvalue weighted by molar-refractivity contribution is -0.139. The zero-order valence-corrected chi connectivity index (χ0v) is 17.0. The number of furan rings is 1. The number of benzene rings is 3. The molecule has 0 aliphatic heterocycles. The van der Waals surface area contributed by atoms with Crippen molar-refractivity contribution in [1.82, 2.24) is 5.32 Å². The highest BCUT2D eigenvalue weighted by Gasteiger charge is 2.21. The topological polar surface area (TPSA) is 88.8 Å². The summed E-state index contributed by atoms with van der Waals surface area (Å²) in [6.45, 7) is -0.149. The van der Waals surface area contributed by atoms with Crippen molar-refractivity contribution in [2.45, 2.75) is 19.1 Å². The number of hydrogen-bond donors (Lipinski definition) is 2. The molecule has 162 valence electrons. The van der Waals surface area contributed by atoms with Crippen molar-refractivity contribution in [3.63, 3.8) is 0 Å². The largest absolute Gasteiger partial charge is 0.480 e. The van der Waals surface area contributed by atoms with E-state index in [9.17, 15) is 19.1 Å². The summed E-state index contributed by atoms with van der Waals surface area (Å²) in [6.07, 6.45) is -0.706. The SMILES string of the molecule is O=C(N[C@H](Cc1ccccc1)C(=O)O)OCc1cc2cc(-c3ccc(F)cc3)ccc2o1. The van der Waals surface area contributed by atoms with Crippen LogP contribution in [0.2, 0.25) is 0 Å². The van der Waals surface area contributed by atoms with Crippen LogP contribution in [-0.2, 0) is 22.6 Å².